The van der Waals surface area contributed by atoms with E-state index >= 15 is 0 Å². The standard InChI is InChI=1S/C23H25FN2O4/c1-25(2)12-7-13-26-20(17-10-4-5-11-18(17)24)19(22(28)23(26)29)21(27)15-8-6-9-16(14-15)30-3/h4-6,8-11,14,20,27H,7,12-13H2,1-3H3/t20-/m0/s1. The van der Waals surface area contributed by atoms with Gasteiger partial charge >= 0.3 is 0 Å². The zero-order valence-electron chi connectivity index (χ0n) is 17.3. The third-order valence-electron chi connectivity index (χ3n) is 5.09. The topological polar surface area (TPSA) is 70.1 Å². The number of rotatable bonds is 7. The summed E-state index contributed by atoms with van der Waals surface area (Å²) in [6, 6.07) is 11.5. The highest BCUT2D eigenvalue weighted by molar-refractivity contribution is 6.46. The minimum absolute atomic E-state index is 0.122. The number of hydrogen-bond acceptors (Lipinski definition) is 5. The second kappa shape index (κ2) is 9.09. The van der Waals surface area contributed by atoms with Gasteiger partial charge in [0.2, 0.25) is 0 Å². The molecule has 1 fully saturated rings. The van der Waals surface area contributed by atoms with Crippen LogP contribution in [-0.4, -0.2) is 60.9 Å². The van der Waals surface area contributed by atoms with E-state index in [4.69, 9.17) is 4.74 Å². The summed E-state index contributed by atoms with van der Waals surface area (Å²) in [5, 5.41) is 11.0. The van der Waals surface area contributed by atoms with E-state index in [1.54, 1.807) is 36.4 Å². The van der Waals surface area contributed by atoms with Crippen LogP contribution in [0.4, 0.5) is 4.39 Å². The first-order chi connectivity index (χ1) is 14.3. The Morgan fingerprint density at radius 3 is 2.57 bits per heavy atom. The Balaban J connectivity index is 2.12. The van der Waals surface area contributed by atoms with E-state index in [0.29, 0.717) is 24.3 Å². The van der Waals surface area contributed by atoms with Crippen molar-refractivity contribution in [2.75, 3.05) is 34.3 Å². The van der Waals surface area contributed by atoms with Crippen LogP contribution in [0, 0.1) is 5.82 Å². The van der Waals surface area contributed by atoms with Crippen LogP contribution in [-0.2, 0) is 9.59 Å². The van der Waals surface area contributed by atoms with Gasteiger partial charge in [-0.15, -0.1) is 0 Å². The molecule has 0 radical (unpaired) electrons. The van der Waals surface area contributed by atoms with Gasteiger partial charge in [0.15, 0.2) is 0 Å². The summed E-state index contributed by atoms with van der Waals surface area (Å²) in [5.41, 5.74) is 0.371. The number of aliphatic hydroxyl groups excluding tert-OH is 1. The van der Waals surface area contributed by atoms with Crippen molar-refractivity contribution in [1.82, 2.24) is 9.80 Å². The van der Waals surface area contributed by atoms with E-state index < -0.39 is 23.5 Å². The van der Waals surface area contributed by atoms with Gasteiger partial charge in [-0.25, -0.2) is 4.39 Å². The van der Waals surface area contributed by atoms with Gasteiger partial charge in [-0.2, -0.15) is 0 Å². The van der Waals surface area contributed by atoms with Gasteiger partial charge in [-0.05, 0) is 45.3 Å². The van der Waals surface area contributed by atoms with Gasteiger partial charge in [0, 0.05) is 17.7 Å². The number of Topliss-reactive ketones (excluding diaryl/α,β-unsaturated/α-hetero) is 1. The quantitative estimate of drug-likeness (QED) is 0.430. The highest BCUT2D eigenvalue weighted by Crippen LogP contribution is 2.40. The summed E-state index contributed by atoms with van der Waals surface area (Å²) < 4.78 is 19.9. The van der Waals surface area contributed by atoms with Crippen LogP contribution in [0.25, 0.3) is 5.76 Å². The van der Waals surface area contributed by atoms with Crippen LogP contribution in [0.2, 0.25) is 0 Å². The van der Waals surface area contributed by atoms with E-state index in [1.165, 1.54) is 24.1 Å². The van der Waals surface area contributed by atoms with Crippen LogP contribution in [0.3, 0.4) is 0 Å². The normalized spacial score (nSPS) is 18.3. The maximum Gasteiger partial charge on any atom is 0.295 e. The number of halogens is 1. The highest BCUT2D eigenvalue weighted by atomic mass is 19.1. The number of nitrogens with zero attached hydrogens (tertiary/aromatic N) is 2. The van der Waals surface area contributed by atoms with Crippen molar-refractivity contribution in [3.63, 3.8) is 0 Å². The van der Waals surface area contributed by atoms with Crippen molar-refractivity contribution >= 4 is 17.4 Å². The summed E-state index contributed by atoms with van der Waals surface area (Å²) in [5.74, 6) is -1.98. The van der Waals surface area contributed by atoms with Crippen LogP contribution in [0.1, 0.15) is 23.6 Å². The Kier molecular flexibility index (Phi) is 6.52. The fourth-order valence-electron chi connectivity index (χ4n) is 3.61. The average Bonchev–Trinajstić information content (AvgIpc) is 2.98. The number of likely N-dealkylation sites (tertiary alicyclic amines) is 1. The van der Waals surface area contributed by atoms with Crippen LogP contribution in [0.5, 0.6) is 5.75 Å². The molecule has 0 aromatic heterocycles. The number of carbonyl (C=O) groups is 2. The van der Waals surface area contributed by atoms with Gasteiger partial charge in [0.1, 0.15) is 17.3 Å². The van der Waals surface area contributed by atoms with E-state index in [9.17, 15) is 19.1 Å². The lowest BCUT2D eigenvalue weighted by atomic mass is 9.95. The van der Waals surface area contributed by atoms with Crippen molar-refractivity contribution in [2.45, 2.75) is 12.5 Å². The number of carbonyl (C=O) groups excluding carboxylic acids is 2. The second-order valence-corrected chi connectivity index (χ2v) is 7.40. The van der Waals surface area contributed by atoms with Crippen molar-refractivity contribution < 1.29 is 23.8 Å². The minimum Gasteiger partial charge on any atom is -0.507 e. The molecule has 1 heterocycles. The van der Waals surface area contributed by atoms with Gasteiger partial charge in [-0.1, -0.05) is 30.3 Å². The molecule has 1 N–H and O–H groups in total. The zero-order chi connectivity index (χ0) is 21.8. The molecular weight excluding hydrogens is 387 g/mol. The first-order valence-corrected chi connectivity index (χ1v) is 9.67. The number of amides is 1. The summed E-state index contributed by atoms with van der Waals surface area (Å²) in [7, 11) is 5.30. The van der Waals surface area contributed by atoms with E-state index in [0.717, 1.165) is 0 Å². The monoisotopic (exact) mass is 412 g/mol. The molecule has 0 aliphatic carbocycles. The molecule has 2 aromatic rings. The molecule has 1 atom stereocenters. The Morgan fingerprint density at radius 1 is 1.17 bits per heavy atom. The predicted octanol–water partition coefficient (Wildman–Crippen LogP) is 3.21. The molecule has 2 aromatic carbocycles. The summed E-state index contributed by atoms with van der Waals surface area (Å²) in [4.78, 5) is 29.0. The lowest BCUT2D eigenvalue weighted by Crippen LogP contribution is -2.32. The molecule has 1 aliphatic heterocycles. The maximum atomic E-state index is 14.7. The largest absolute Gasteiger partial charge is 0.507 e. The van der Waals surface area contributed by atoms with Gasteiger partial charge < -0.3 is 19.6 Å². The summed E-state index contributed by atoms with van der Waals surface area (Å²) in [6.07, 6.45) is 0.601. The zero-order valence-corrected chi connectivity index (χ0v) is 17.3. The Bertz CT molecular complexity index is 987. The molecular formula is C23H25FN2O4. The summed E-state index contributed by atoms with van der Waals surface area (Å²) >= 11 is 0. The van der Waals surface area contributed by atoms with Crippen LogP contribution >= 0.6 is 0 Å². The first kappa shape index (κ1) is 21.5. The third kappa shape index (κ3) is 4.21. The fourth-order valence-corrected chi connectivity index (χ4v) is 3.61. The van der Waals surface area contributed by atoms with Crippen molar-refractivity contribution in [1.29, 1.82) is 0 Å². The number of methoxy groups -OCH3 is 1. The predicted molar refractivity (Wildman–Crippen MR) is 112 cm³/mol. The molecule has 1 aliphatic rings. The number of ether oxygens (including phenoxy) is 1. The van der Waals surface area contributed by atoms with Crippen LogP contribution < -0.4 is 4.74 Å². The first-order valence-electron chi connectivity index (χ1n) is 9.67. The van der Waals surface area contributed by atoms with E-state index in [-0.39, 0.29) is 23.4 Å². The molecule has 1 saturated heterocycles. The Hall–Kier alpha value is -3.19. The molecule has 7 heteroatoms. The fraction of sp³-hybridized carbons (Fsp3) is 0.304. The van der Waals surface area contributed by atoms with Crippen molar-refractivity contribution in [3.05, 3.63) is 71.0 Å². The molecule has 3 rings (SSSR count). The molecule has 30 heavy (non-hydrogen) atoms. The number of ketones is 1. The number of hydrogen-bond donors (Lipinski definition) is 1. The van der Waals surface area contributed by atoms with Crippen molar-refractivity contribution in [2.24, 2.45) is 0 Å². The molecule has 158 valence electrons. The molecule has 0 bridgehead atoms. The van der Waals surface area contributed by atoms with Crippen molar-refractivity contribution in [3.8, 4) is 5.75 Å². The van der Waals surface area contributed by atoms with E-state index in [1.807, 2.05) is 19.0 Å². The molecule has 0 spiro atoms. The summed E-state index contributed by atoms with van der Waals surface area (Å²) in [6.45, 7) is 0.958. The molecule has 6 nitrogen and oxygen atoms in total. The third-order valence-corrected chi connectivity index (χ3v) is 5.09. The van der Waals surface area contributed by atoms with Gasteiger partial charge in [-0.3, -0.25) is 9.59 Å². The molecule has 0 saturated carbocycles. The Labute approximate surface area is 175 Å². The van der Waals surface area contributed by atoms with Gasteiger partial charge in [0.25, 0.3) is 11.7 Å². The number of benzene rings is 2. The highest BCUT2D eigenvalue weighted by Gasteiger charge is 2.46. The minimum atomic E-state index is -1.00. The van der Waals surface area contributed by atoms with Gasteiger partial charge in [0.05, 0.1) is 18.7 Å². The Morgan fingerprint density at radius 2 is 1.90 bits per heavy atom. The lowest BCUT2D eigenvalue weighted by molar-refractivity contribution is -0.140. The SMILES string of the molecule is COc1cccc(C(O)=C2C(=O)C(=O)N(CCCN(C)C)[C@H]2c2ccccc2F)c1. The van der Waals surface area contributed by atoms with Crippen LogP contribution in [0.15, 0.2) is 54.1 Å². The number of aliphatic hydroxyl groups is 1. The maximum absolute atomic E-state index is 14.7. The van der Waals surface area contributed by atoms with E-state index in [2.05, 4.69) is 0 Å². The molecule has 1 amide bonds. The smallest absolute Gasteiger partial charge is 0.295 e. The average molecular weight is 412 g/mol. The second-order valence-electron chi connectivity index (χ2n) is 7.40. The lowest BCUT2D eigenvalue weighted by Gasteiger charge is -2.26. The molecule has 0 unspecified atom stereocenters.